The predicted octanol–water partition coefficient (Wildman–Crippen LogP) is 3.91. The van der Waals surface area contributed by atoms with E-state index in [1.807, 2.05) is 6.92 Å². The summed E-state index contributed by atoms with van der Waals surface area (Å²) < 4.78 is 16.9. The van der Waals surface area contributed by atoms with E-state index in [-0.39, 0.29) is 0 Å². The Morgan fingerprint density at radius 1 is 1.00 bits per heavy atom. The summed E-state index contributed by atoms with van der Waals surface area (Å²) in [5.74, 6) is 2.29. The quantitative estimate of drug-likeness (QED) is 0.570. The average Bonchev–Trinajstić information content (AvgIpc) is 2.41. The molecule has 0 aromatic heterocycles. The third-order valence-corrected chi connectivity index (χ3v) is 4.30. The third-order valence-electron chi connectivity index (χ3n) is 4.30. The zero-order chi connectivity index (χ0) is 14.8. The fourth-order valence-corrected chi connectivity index (χ4v) is 3.07. The third kappa shape index (κ3) is 7.05. The topological polar surface area (TPSA) is 27.7 Å². The first kappa shape index (κ1) is 17.9. The van der Waals surface area contributed by atoms with E-state index in [0.29, 0.717) is 19.3 Å². The van der Waals surface area contributed by atoms with E-state index in [4.69, 9.17) is 14.2 Å². The highest BCUT2D eigenvalue weighted by Gasteiger charge is 2.31. The van der Waals surface area contributed by atoms with E-state index in [9.17, 15) is 0 Å². The summed E-state index contributed by atoms with van der Waals surface area (Å²) >= 11 is 0. The van der Waals surface area contributed by atoms with Crippen molar-refractivity contribution in [2.45, 2.75) is 59.5 Å². The van der Waals surface area contributed by atoms with Crippen molar-refractivity contribution < 1.29 is 14.2 Å². The second-order valence-electron chi connectivity index (χ2n) is 6.40. The van der Waals surface area contributed by atoms with Crippen LogP contribution in [0.15, 0.2) is 0 Å². The van der Waals surface area contributed by atoms with Gasteiger partial charge in [-0.2, -0.15) is 0 Å². The van der Waals surface area contributed by atoms with Crippen molar-refractivity contribution in [3.63, 3.8) is 0 Å². The minimum Gasteiger partial charge on any atom is -0.379 e. The molecule has 1 rings (SSSR count). The van der Waals surface area contributed by atoms with Crippen LogP contribution in [-0.2, 0) is 14.2 Å². The Morgan fingerprint density at radius 3 is 2.45 bits per heavy atom. The number of rotatable bonds is 10. The molecule has 1 saturated carbocycles. The Balaban J connectivity index is 2.09. The van der Waals surface area contributed by atoms with Crippen molar-refractivity contribution in [3.8, 4) is 0 Å². The number of hydrogen-bond acceptors (Lipinski definition) is 3. The molecule has 0 saturated heterocycles. The summed E-state index contributed by atoms with van der Waals surface area (Å²) in [5.41, 5.74) is 0. The Bertz CT molecular complexity index is 230. The molecule has 0 aromatic rings. The Hall–Kier alpha value is -0.120. The summed E-state index contributed by atoms with van der Waals surface area (Å²) in [6, 6.07) is 0. The molecule has 0 aromatic carbocycles. The highest BCUT2D eigenvalue weighted by molar-refractivity contribution is 4.81. The van der Waals surface area contributed by atoms with Gasteiger partial charge in [0.2, 0.25) is 0 Å². The Morgan fingerprint density at radius 2 is 1.75 bits per heavy atom. The lowest BCUT2D eigenvalue weighted by Gasteiger charge is -2.37. The average molecular weight is 286 g/mol. The van der Waals surface area contributed by atoms with Crippen LogP contribution in [0.25, 0.3) is 0 Å². The maximum atomic E-state index is 6.14. The van der Waals surface area contributed by atoms with Gasteiger partial charge in [-0.05, 0) is 43.9 Å². The van der Waals surface area contributed by atoms with Gasteiger partial charge in [-0.15, -0.1) is 0 Å². The molecule has 1 fully saturated rings. The summed E-state index contributed by atoms with van der Waals surface area (Å²) in [6.45, 7) is 12.8. The molecule has 120 valence electrons. The van der Waals surface area contributed by atoms with Crippen LogP contribution < -0.4 is 0 Å². The second kappa shape index (κ2) is 10.6. The van der Waals surface area contributed by atoms with Crippen LogP contribution in [0.1, 0.15) is 53.4 Å². The monoisotopic (exact) mass is 286 g/mol. The molecule has 0 radical (unpaired) electrons. The molecule has 3 nitrogen and oxygen atoms in total. The first-order valence-corrected chi connectivity index (χ1v) is 8.42. The van der Waals surface area contributed by atoms with Gasteiger partial charge >= 0.3 is 0 Å². The molecule has 0 heterocycles. The smallest absolute Gasteiger partial charge is 0.0700 e. The van der Waals surface area contributed by atoms with Crippen LogP contribution in [-0.4, -0.2) is 39.1 Å². The van der Waals surface area contributed by atoms with Crippen LogP contribution in [0.3, 0.4) is 0 Å². The molecule has 20 heavy (non-hydrogen) atoms. The summed E-state index contributed by atoms with van der Waals surface area (Å²) in [5, 5.41) is 0. The fourth-order valence-electron chi connectivity index (χ4n) is 3.07. The molecule has 3 unspecified atom stereocenters. The second-order valence-corrected chi connectivity index (χ2v) is 6.40. The van der Waals surface area contributed by atoms with Gasteiger partial charge < -0.3 is 14.2 Å². The lowest BCUT2D eigenvalue weighted by molar-refractivity contribution is -0.0458. The van der Waals surface area contributed by atoms with E-state index < -0.39 is 0 Å². The molecule has 0 aliphatic heterocycles. The lowest BCUT2D eigenvalue weighted by atomic mass is 9.75. The van der Waals surface area contributed by atoms with E-state index in [2.05, 4.69) is 20.8 Å². The van der Waals surface area contributed by atoms with E-state index in [1.54, 1.807) is 0 Å². The number of ether oxygens (including phenoxy) is 3. The zero-order valence-electron chi connectivity index (χ0n) is 13.9. The highest BCUT2D eigenvalue weighted by Crippen LogP contribution is 2.35. The Labute approximate surface area is 125 Å². The van der Waals surface area contributed by atoms with Crippen LogP contribution in [0.5, 0.6) is 0 Å². The standard InChI is InChI=1S/C17H34O3/c1-5-18-11-12-19-9-6-10-20-17-13-15(4)7-8-16(17)14(2)3/h14-17H,5-13H2,1-4H3. The van der Waals surface area contributed by atoms with Crippen molar-refractivity contribution >= 4 is 0 Å². The van der Waals surface area contributed by atoms with Gasteiger partial charge in [0, 0.05) is 19.8 Å². The SMILES string of the molecule is CCOCCOCCCOC1CC(C)CCC1C(C)C. The summed E-state index contributed by atoms with van der Waals surface area (Å²) in [4.78, 5) is 0. The van der Waals surface area contributed by atoms with E-state index in [0.717, 1.165) is 44.0 Å². The number of hydrogen-bond donors (Lipinski definition) is 0. The normalized spacial score (nSPS) is 27.1. The summed E-state index contributed by atoms with van der Waals surface area (Å²) in [6.07, 6.45) is 5.37. The van der Waals surface area contributed by atoms with Crippen molar-refractivity contribution in [3.05, 3.63) is 0 Å². The van der Waals surface area contributed by atoms with Gasteiger partial charge in [0.25, 0.3) is 0 Å². The van der Waals surface area contributed by atoms with Gasteiger partial charge in [0.15, 0.2) is 0 Å². The van der Waals surface area contributed by atoms with Gasteiger partial charge in [-0.1, -0.05) is 27.2 Å². The maximum absolute atomic E-state index is 6.14. The minimum absolute atomic E-state index is 0.460. The first-order valence-electron chi connectivity index (χ1n) is 8.42. The van der Waals surface area contributed by atoms with E-state index >= 15 is 0 Å². The first-order chi connectivity index (χ1) is 9.65. The fraction of sp³-hybridized carbons (Fsp3) is 1.00. The molecule has 1 aliphatic rings. The zero-order valence-corrected chi connectivity index (χ0v) is 13.9. The van der Waals surface area contributed by atoms with Gasteiger partial charge in [-0.3, -0.25) is 0 Å². The van der Waals surface area contributed by atoms with Gasteiger partial charge in [-0.25, -0.2) is 0 Å². The molecule has 0 bridgehead atoms. The molecule has 3 heteroatoms. The lowest BCUT2D eigenvalue weighted by Crippen LogP contribution is -2.34. The molecule has 0 amide bonds. The van der Waals surface area contributed by atoms with Crippen LogP contribution in [0.2, 0.25) is 0 Å². The maximum Gasteiger partial charge on any atom is 0.0700 e. The predicted molar refractivity (Wildman–Crippen MR) is 83.0 cm³/mol. The molecule has 3 atom stereocenters. The van der Waals surface area contributed by atoms with Crippen LogP contribution in [0, 0.1) is 17.8 Å². The molecular weight excluding hydrogens is 252 g/mol. The van der Waals surface area contributed by atoms with Crippen LogP contribution in [0.4, 0.5) is 0 Å². The van der Waals surface area contributed by atoms with Crippen molar-refractivity contribution in [1.82, 2.24) is 0 Å². The molecule has 0 N–H and O–H groups in total. The Kier molecular flexibility index (Phi) is 9.49. The van der Waals surface area contributed by atoms with Gasteiger partial charge in [0.05, 0.1) is 19.3 Å². The van der Waals surface area contributed by atoms with Gasteiger partial charge in [0.1, 0.15) is 0 Å². The van der Waals surface area contributed by atoms with Crippen molar-refractivity contribution in [2.24, 2.45) is 17.8 Å². The summed E-state index contributed by atoms with van der Waals surface area (Å²) in [7, 11) is 0. The van der Waals surface area contributed by atoms with Crippen molar-refractivity contribution in [2.75, 3.05) is 33.0 Å². The molecule has 0 spiro atoms. The highest BCUT2D eigenvalue weighted by atomic mass is 16.5. The molecule has 1 aliphatic carbocycles. The minimum atomic E-state index is 0.460. The van der Waals surface area contributed by atoms with Crippen LogP contribution >= 0.6 is 0 Å². The van der Waals surface area contributed by atoms with Crippen molar-refractivity contribution in [1.29, 1.82) is 0 Å². The van der Waals surface area contributed by atoms with E-state index in [1.165, 1.54) is 19.3 Å². The molecular formula is C17H34O3. The largest absolute Gasteiger partial charge is 0.379 e.